The van der Waals surface area contributed by atoms with E-state index >= 15 is 0 Å². The quantitative estimate of drug-likeness (QED) is 0.609. The molecule has 2 rings (SSSR count). The monoisotopic (exact) mass is 453 g/mol. The van der Waals surface area contributed by atoms with E-state index in [1.54, 1.807) is 35.8 Å². The first-order chi connectivity index (χ1) is 13.7. The number of hydrogen-bond acceptors (Lipinski definition) is 6. The van der Waals surface area contributed by atoms with Crippen LogP contribution in [-0.4, -0.2) is 55.1 Å². The minimum Gasteiger partial charge on any atom is -0.376 e. The van der Waals surface area contributed by atoms with E-state index in [-0.39, 0.29) is 5.56 Å². The summed E-state index contributed by atoms with van der Waals surface area (Å²) >= 11 is 3.46. The van der Waals surface area contributed by atoms with Crippen LogP contribution < -0.4 is 10.6 Å². The average molecular weight is 454 g/mol. The molecule has 0 aliphatic carbocycles. The number of anilines is 1. The normalized spacial score (nSPS) is 17.5. The number of alkyl halides is 3. The fourth-order valence-electron chi connectivity index (χ4n) is 2.53. The Hall–Kier alpha value is -0.870. The van der Waals surface area contributed by atoms with Crippen LogP contribution >= 0.6 is 23.7 Å². The second-order valence-corrected chi connectivity index (χ2v) is 8.18. The molecule has 0 amide bonds. The maximum atomic E-state index is 12.9. The lowest BCUT2D eigenvalue weighted by molar-refractivity contribution is -0.258. The van der Waals surface area contributed by atoms with E-state index in [1.807, 2.05) is 20.8 Å². The molecule has 3 N–H and O–H groups in total. The SMILES string of the molecule is C/C=C(\SC)SN1CCN(c2ccc(C(C)(O)C(F)(F)F)cc2)CC1.CC.CN. The molecule has 4 nitrogen and oxygen atoms in total. The highest BCUT2D eigenvalue weighted by Crippen LogP contribution is 2.39. The molecule has 0 spiro atoms. The summed E-state index contributed by atoms with van der Waals surface area (Å²) in [6.45, 7) is 10.2. The Balaban J connectivity index is 0.00000184. The van der Waals surface area contributed by atoms with Gasteiger partial charge in [0.25, 0.3) is 0 Å². The van der Waals surface area contributed by atoms with Gasteiger partial charge in [0.2, 0.25) is 0 Å². The molecular formula is C20H34F3N3OS2. The van der Waals surface area contributed by atoms with Crippen LogP contribution in [0.4, 0.5) is 18.9 Å². The number of halogens is 3. The number of hydrogen-bond donors (Lipinski definition) is 2. The van der Waals surface area contributed by atoms with Gasteiger partial charge in [0, 0.05) is 31.9 Å². The predicted octanol–water partition coefficient (Wildman–Crippen LogP) is 5.05. The number of benzene rings is 1. The molecule has 1 saturated heterocycles. The van der Waals surface area contributed by atoms with Crippen molar-refractivity contribution in [2.75, 3.05) is 44.4 Å². The van der Waals surface area contributed by atoms with E-state index < -0.39 is 11.8 Å². The van der Waals surface area contributed by atoms with Crippen molar-refractivity contribution in [3.05, 3.63) is 40.1 Å². The van der Waals surface area contributed by atoms with E-state index in [2.05, 4.69) is 27.3 Å². The van der Waals surface area contributed by atoms with Gasteiger partial charge in [-0.2, -0.15) is 13.2 Å². The van der Waals surface area contributed by atoms with Crippen molar-refractivity contribution in [2.45, 2.75) is 39.5 Å². The van der Waals surface area contributed by atoms with E-state index in [0.717, 1.165) is 38.8 Å². The minimum absolute atomic E-state index is 0.143. The number of aliphatic hydroxyl groups is 1. The van der Waals surface area contributed by atoms with Gasteiger partial charge in [-0.1, -0.05) is 32.1 Å². The number of thioether (sulfide) groups is 1. The molecular weight excluding hydrogens is 419 g/mol. The highest BCUT2D eigenvalue weighted by Gasteiger charge is 2.51. The zero-order valence-electron chi connectivity index (χ0n) is 18.1. The molecule has 168 valence electrons. The van der Waals surface area contributed by atoms with Crippen LogP contribution in [0.15, 0.2) is 34.6 Å². The number of piperazine rings is 1. The van der Waals surface area contributed by atoms with Crippen LogP contribution in [-0.2, 0) is 5.60 Å². The Kier molecular flexibility index (Phi) is 13.0. The van der Waals surface area contributed by atoms with Gasteiger partial charge < -0.3 is 15.7 Å². The molecule has 0 aromatic heterocycles. The maximum absolute atomic E-state index is 12.9. The van der Waals surface area contributed by atoms with Crippen LogP contribution in [0.5, 0.6) is 0 Å². The molecule has 1 fully saturated rings. The molecule has 1 aromatic rings. The Morgan fingerprint density at radius 3 is 1.93 bits per heavy atom. The lowest BCUT2D eigenvalue weighted by Gasteiger charge is -2.35. The Morgan fingerprint density at radius 1 is 1.07 bits per heavy atom. The van der Waals surface area contributed by atoms with Crippen molar-refractivity contribution < 1.29 is 18.3 Å². The summed E-state index contributed by atoms with van der Waals surface area (Å²) < 4.78 is 42.3. The fourth-order valence-corrected chi connectivity index (χ4v) is 4.09. The van der Waals surface area contributed by atoms with Crippen LogP contribution in [0.3, 0.4) is 0 Å². The maximum Gasteiger partial charge on any atom is 0.421 e. The van der Waals surface area contributed by atoms with Crippen LogP contribution in [0.25, 0.3) is 0 Å². The highest BCUT2D eigenvalue weighted by atomic mass is 32.2. The van der Waals surface area contributed by atoms with E-state index in [9.17, 15) is 18.3 Å². The molecule has 0 bridgehead atoms. The molecule has 9 heteroatoms. The summed E-state index contributed by atoms with van der Waals surface area (Å²) in [5.41, 5.74) is 2.40. The zero-order chi connectivity index (χ0) is 22.7. The van der Waals surface area contributed by atoms with Gasteiger partial charge in [-0.05, 0) is 56.8 Å². The Morgan fingerprint density at radius 2 is 1.55 bits per heavy atom. The van der Waals surface area contributed by atoms with Crippen LogP contribution in [0.1, 0.15) is 33.3 Å². The first-order valence-electron chi connectivity index (χ1n) is 9.54. The third-order valence-electron chi connectivity index (χ3n) is 4.24. The van der Waals surface area contributed by atoms with Crippen molar-refractivity contribution in [3.8, 4) is 0 Å². The van der Waals surface area contributed by atoms with E-state index in [4.69, 9.17) is 0 Å². The molecule has 1 heterocycles. The van der Waals surface area contributed by atoms with Gasteiger partial charge in [0.05, 0.1) is 4.24 Å². The minimum atomic E-state index is -4.70. The molecule has 1 unspecified atom stereocenters. The summed E-state index contributed by atoms with van der Waals surface area (Å²) in [6, 6.07) is 6.01. The molecule has 1 aromatic carbocycles. The number of rotatable bonds is 5. The topological polar surface area (TPSA) is 52.7 Å². The standard InChI is InChI=1S/C17H23F3N2OS2.C2H6.CH5N/c1-4-15(24-3)25-22-11-9-21(10-12-22)14-7-5-13(6-8-14)16(2,23)17(18,19)20;2*1-2/h4-8,23H,9-12H2,1-3H3;1-2H3;2H2,1H3/b15-4+;;. The summed E-state index contributed by atoms with van der Waals surface area (Å²) in [5.74, 6) is 0. The summed E-state index contributed by atoms with van der Waals surface area (Å²) in [7, 11) is 1.50. The van der Waals surface area contributed by atoms with Crippen molar-refractivity contribution in [1.29, 1.82) is 0 Å². The molecule has 1 atom stereocenters. The number of nitrogens with two attached hydrogens (primary N) is 1. The lowest BCUT2D eigenvalue weighted by atomic mass is 9.95. The lowest BCUT2D eigenvalue weighted by Crippen LogP contribution is -2.43. The first-order valence-corrected chi connectivity index (χ1v) is 11.5. The molecule has 29 heavy (non-hydrogen) atoms. The average Bonchev–Trinajstić information content (AvgIpc) is 2.74. The summed E-state index contributed by atoms with van der Waals surface area (Å²) in [6.07, 6.45) is -0.553. The third-order valence-corrected chi connectivity index (χ3v) is 6.64. The second kappa shape index (κ2) is 13.4. The van der Waals surface area contributed by atoms with Crippen LogP contribution in [0, 0.1) is 0 Å². The molecule has 1 aliphatic heterocycles. The fraction of sp³-hybridized carbons (Fsp3) is 0.600. The van der Waals surface area contributed by atoms with E-state index in [0.29, 0.717) is 0 Å². The van der Waals surface area contributed by atoms with Gasteiger partial charge in [0.15, 0.2) is 5.60 Å². The molecule has 0 saturated carbocycles. The summed E-state index contributed by atoms with van der Waals surface area (Å²) in [5, 5.41) is 9.73. The van der Waals surface area contributed by atoms with Gasteiger partial charge in [-0.25, -0.2) is 4.31 Å². The van der Waals surface area contributed by atoms with Gasteiger partial charge in [-0.3, -0.25) is 0 Å². The Labute approximate surface area is 181 Å². The van der Waals surface area contributed by atoms with Gasteiger partial charge in [0.1, 0.15) is 0 Å². The predicted molar refractivity (Wildman–Crippen MR) is 122 cm³/mol. The summed E-state index contributed by atoms with van der Waals surface area (Å²) in [4.78, 5) is 2.15. The number of nitrogens with zero attached hydrogens (tertiary/aromatic N) is 2. The van der Waals surface area contributed by atoms with Crippen molar-refractivity contribution in [2.24, 2.45) is 5.73 Å². The largest absolute Gasteiger partial charge is 0.421 e. The van der Waals surface area contributed by atoms with Gasteiger partial charge in [-0.15, -0.1) is 11.8 Å². The Bertz CT molecular complexity index is 600. The third kappa shape index (κ3) is 8.05. The molecule has 1 aliphatic rings. The highest BCUT2D eigenvalue weighted by molar-refractivity contribution is 8.20. The van der Waals surface area contributed by atoms with E-state index in [1.165, 1.54) is 23.4 Å². The van der Waals surface area contributed by atoms with Crippen LogP contribution in [0.2, 0.25) is 0 Å². The van der Waals surface area contributed by atoms with Gasteiger partial charge >= 0.3 is 6.18 Å². The van der Waals surface area contributed by atoms with Crippen molar-refractivity contribution in [1.82, 2.24) is 4.31 Å². The van der Waals surface area contributed by atoms with Crippen molar-refractivity contribution in [3.63, 3.8) is 0 Å². The zero-order valence-corrected chi connectivity index (χ0v) is 19.7. The first kappa shape index (κ1) is 28.1. The molecule has 0 radical (unpaired) electrons. The van der Waals surface area contributed by atoms with Crippen molar-refractivity contribution >= 4 is 29.4 Å². The second-order valence-electron chi connectivity index (χ2n) is 5.94. The smallest absolute Gasteiger partial charge is 0.376 e. The number of allylic oxidation sites excluding steroid dienone is 1.